The highest BCUT2D eigenvalue weighted by atomic mass is 32.2. The number of carbonyl (C=O) groups is 1. The highest BCUT2D eigenvalue weighted by molar-refractivity contribution is 7.91. The van der Waals surface area contributed by atoms with Crippen molar-refractivity contribution in [3.05, 3.63) is 22.4 Å². The molecule has 0 radical (unpaired) electrons. The van der Waals surface area contributed by atoms with Gasteiger partial charge in [-0.3, -0.25) is 4.79 Å². The van der Waals surface area contributed by atoms with Gasteiger partial charge < -0.3 is 5.32 Å². The monoisotopic (exact) mass is 273 g/mol. The van der Waals surface area contributed by atoms with Gasteiger partial charge in [-0.15, -0.1) is 11.3 Å². The fourth-order valence-corrected chi connectivity index (χ4v) is 4.49. The first kappa shape index (κ1) is 12.6. The summed E-state index contributed by atoms with van der Waals surface area (Å²) in [5.41, 5.74) is 0. The van der Waals surface area contributed by atoms with Gasteiger partial charge in [0.25, 0.3) is 0 Å². The van der Waals surface area contributed by atoms with E-state index in [1.54, 1.807) is 11.3 Å². The highest BCUT2D eigenvalue weighted by Gasteiger charge is 2.27. The third-order valence-electron chi connectivity index (χ3n) is 2.83. The molecule has 6 heteroatoms. The Bertz CT molecular complexity index is 479. The van der Waals surface area contributed by atoms with Crippen LogP contribution in [0.4, 0.5) is 0 Å². The van der Waals surface area contributed by atoms with Gasteiger partial charge in [-0.05, 0) is 23.8 Å². The third kappa shape index (κ3) is 3.81. The highest BCUT2D eigenvalue weighted by Crippen LogP contribution is 2.17. The Hall–Kier alpha value is -0.880. The van der Waals surface area contributed by atoms with E-state index in [2.05, 4.69) is 5.32 Å². The van der Waals surface area contributed by atoms with Crippen molar-refractivity contribution in [3.63, 3.8) is 0 Å². The lowest BCUT2D eigenvalue weighted by molar-refractivity contribution is -0.120. The van der Waals surface area contributed by atoms with Gasteiger partial charge in [0.2, 0.25) is 5.91 Å². The molecule has 0 bridgehead atoms. The van der Waals surface area contributed by atoms with Crippen molar-refractivity contribution in [2.45, 2.75) is 12.8 Å². The number of amides is 1. The number of rotatable bonds is 4. The number of thiophene rings is 1. The minimum absolute atomic E-state index is 0.0308. The normalized spacial score (nSPS) is 22.5. The lowest BCUT2D eigenvalue weighted by Gasteiger charge is -2.08. The zero-order valence-corrected chi connectivity index (χ0v) is 11.0. The lowest BCUT2D eigenvalue weighted by atomic mass is 10.1. The zero-order valence-electron chi connectivity index (χ0n) is 9.39. The van der Waals surface area contributed by atoms with Crippen LogP contribution in [0.15, 0.2) is 17.5 Å². The lowest BCUT2D eigenvalue weighted by Crippen LogP contribution is -2.30. The predicted octanol–water partition coefficient (Wildman–Crippen LogP) is 0.842. The van der Waals surface area contributed by atoms with Crippen molar-refractivity contribution in [3.8, 4) is 0 Å². The second-order valence-electron chi connectivity index (χ2n) is 4.33. The van der Waals surface area contributed by atoms with Crippen LogP contribution in [0, 0.1) is 5.92 Å². The Morgan fingerprint density at radius 3 is 2.94 bits per heavy atom. The van der Waals surface area contributed by atoms with Gasteiger partial charge in [0, 0.05) is 11.4 Å². The molecule has 0 spiro atoms. The van der Waals surface area contributed by atoms with Crippen LogP contribution in [0.25, 0.3) is 0 Å². The summed E-state index contributed by atoms with van der Waals surface area (Å²) in [6, 6.07) is 3.83. The van der Waals surface area contributed by atoms with E-state index in [1.807, 2.05) is 17.5 Å². The summed E-state index contributed by atoms with van der Waals surface area (Å²) >= 11 is 1.55. The Kier molecular flexibility index (Phi) is 3.83. The van der Waals surface area contributed by atoms with E-state index in [0.717, 1.165) is 4.88 Å². The largest absolute Gasteiger partial charge is 0.355 e. The van der Waals surface area contributed by atoms with E-state index < -0.39 is 9.84 Å². The average Bonchev–Trinajstić information content (AvgIpc) is 2.85. The van der Waals surface area contributed by atoms with Gasteiger partial charge in [-0.1, -0.05) is 6.07 Å². The van der Waals surface area contributed by atoms with Crippen molar-refractivity contribution < 1.29 is 13.2 Å². The first-order chi connectivity index (χ1) is 8.05. The first-order valence-electron chi connectivity index (χ1n) is 5.55. The molecule has 2 heterocycles. The first-order valence-corrected chi connectivity index (χ1v) is 8.25. The molecule has 1 saturated heterocycles. The molecule has 0 aliphatic carbocycles. The molecular formula is C11H15NO3S2. The molecule has 1 amide bonds. The number of carbonyl (C=O) groups excluding carboxylic acids is 1. The van der Waals surface area contributed by atoms with Crippen LogP contribution >= 0.6 is 11.3 Å². The minimum Gasteiger partial charge on any atom is -0.355 e. The second-order valence-corrected chi connectivity index (χ2v) is 7.59. The van der Waals surface area contributed by atoms with Crippen LogP contribution in [0.1, 0.15) is 11.3 Å². The molecule has 1 aromatic rings. The van der Waals surface area contributed by atoms with Crippen LogP contribution in [-0.4, -0.2) is 32.4 Å². The summed E-state index contributed by atoms with van der Waals surface area (Å²) in [7, 11) is -2.84. The van der Waals surface area contributed by atoms with E-state index in [-0.39, 0.29) is 23.3 Å². The summed E-state index contributed by atoms with van der Waals surface area (Å²) in [5.74, 6) is 0.536. The van der Waals surface area contributed by atoms with Crippen molar-refractivity contribution in [1.29, 1.82) is 0 Å². The van der Waals surface area contributed by atoms with Crippen LogP contribution in [-0.2, 0) is 21.1 Å². The van der Waals surface area contributed by atoms with Gasteiger partial charge in [0.15, 0.2) is 9.84 Å². The Balaban J connectivity index is 1.74. The molecule has 1 N–H and O–H groups in total. The summed E-state index contributed by atoms with van der Waals surface area (Å²) < 4.78 is 22.5. The van der Waals surface area contributed by atoms with E-state index in [4.69, 9.17) is 0 Å². The SMILES string of the molecule is O=C(Cc1cccs1)NC[C@H]1CCS(=O)(=O)C1. The Morgan fingerprint density at radius 1 is 1.53 bits per heavy atom. The fraction of sp³-hybridized carbons (Fsp3) is 0.545. The van der Waals surface area contributed by atoms with Gasteiger partial charge in [0.1, 0.15) is 0 Å². The van der Waals surface area contributed by atoms with Crippen LogP contribution in [0.2, 0.25) is 0 Å². The van der Waals surface area contributed by atoms with Gasteiger partial charge in [-0.2, -0.15) is 0 Å². The smallest absolute Gasteiger partial charge is 0.225 e. The van der Waals surface area contributed by atoms with Crippen molar-refractivity contribution in [2.75, 3.05) is 18.1 Å². The number of hydrogen-bond acceptors (Lipinski definition) is 4. The standard InChI is InChI=1S/C11H15NO3S2/c13-11(6-10-2-1-4-16-10)12-7-9-3-5-17(14,15)8-9/h1-2,4,9H,3,5-8H2,(H,12,13)/t9-/m1/s1. The zero-order chi connectivity index (χ0) is 12.3. The summed E-state index contributed by atoms with van der Waals surface area (Å²) in [5, 5.41) is 4.74. The molecule has 1 atom stereocenters. The molecule has 1 aromatic heterocycles. The average molecular weight is 273 g/mol. The topological polar surface area (TPSA) is 63.2 Å². The molecule has 4 nitrogen and oxygen atoms in total. The van der Waals surface area contributed by atoms with Gasteiger partial charge >= 0.3 is 0 Å². The fourth-order valence-electron chi connectivity index (χ4n) is 1.93. The molecule has 1 aliphatic rings. The number of sulfone groups is 1. The molecular weight excluding hydrogens is 258 g/mol. The van der Waals surface area contributed by atoms with Gasteiger partial charge in [0.05, 0.1) is 17.9 Å². The maximum Gasteiger partial charge on any atom is 0.225 e. The Labute approximate surface area is 105 Å². The molecule has 0 aromatic carbocycles. The molecule has 94 valence electrons. The predicted molar refractivity (Wildman–Crippen MR) is 67.8 cm³/mol. The third-order valence-corrected chi connectivity index (χ3v) is 5.54. The summed E-state index contributed by atoms with van der Waals surface area (Å²) in [4.78, 5) is 12.6. The summed E-state index contributed by atoms with van der Waals surface area (Å²) in [6.07, 6.45) is 1.05. The molecule has 2 rings (SSSR count). The molecule has 0 unspecified atom stereocenters. The van der Waals surface area contributed by atoms with Crippen molar-refractivity contribution >= 4 is 27.1 Å². The molecule has 1 aliphatic heterocycles. The van der Waals surface area contributed by atoms with Gasteiger partial charge in [-0.25, -0.2) is 8.42 Å². The van der Waals surface area contributed by atoms with E-state index in [9.17, 15) is 13.2 Å². The molecule has 1 fully saturated rings. The van der Waals surface area contributed by atoms with Crippen LogP contribution in [0.5, 0.6) is 0 Å². The van der Waals surface area contributed by atoms with E-state index in [0.29, 0.717) is 19.4 Å². The molecule has 17 heavy (non-hydrogen) atoms. The van der Waals surface area contributed by atoms with Crippen LogP contribution < -0.4 is 5.32 Å². The molecule has 0 saturated carbocycles. The quantitative estimate of drug-likeness (QED) is 0.884. The van der Waals surface area contributed by atoms with Crippen molar-refractivity contribution in [1.82, 2.24) is 5.32 Å². The number of nitrogens with one attached hydrogen (secondary N) is 1. The number of hydrogen-bond donors (Lipinski definition) is 1. The van der Waals surface area contributed by atoms with Crippen molar-refractivity contribution in [2.24, 2.45) is 5.92 Å². The summed E-state index contributed by atoms with van der Waals surface area (Å²) in [6.45, 7) is 0.476. The van der Waals surface area contributed by atoms with Crippen LogP contribution in [0.3, 0.4) is 0 Å². The van der Waals surface area contributed by atoms with E-state index >= 15 is 0 Å². The maximum absolute atomic E-state index is 11.6. The Morgan fingerprint density at radius 2 is 2.35 bits per heavy atom. The minimum atomic E-state index is -2.84. The maximum atomic E-state index is 11.6. The second kappa shape index (κ2) is 5.18. The van der Waals surface area contributed by atoms with E-state index in [1.165, 1.54) is 0 Å².